The third-order valence-electron chi connectivity index (χ3n) is 1.86. The maximum Gasteiger partial charge on any atom is 0.0433 e. The van der Waals surface area contributed by atoms with Crippen LogP contribution < -0.4 is 0 Å². The van der Waals surface area contributed by atoms with Gasteiger partial charge in [0, 0.05) is 6.61 Å². The first-order chi connectivity index (χ1) is 4.66. The highest BCUT2D eigenvalue weighted by Gasteiger charge is 2.01. The van der Waals surface area contributed by atoms with Crippen LogP contribution in [0.1, 0.15) is 40.0 Å². The molecule has 0 radical (unpaired) electrons. The summed E-state index contributed by atoms with van der Waals surface area (Å²) < 4.78 is 0. The molecule has 0 saturated heterocycles. The summed E-state index contributed by atoms with van der Waals surface area (Å²) in [7, 11) is 0. The van der Waals surface area contributed by atoms with E-state index in [2.05, 4.69) is 20.8 Å². The number of aliphatic hydroxyl groups excluding tert-OH is 1. The lowest BCUT2D eigenvalue weighted by molar-refractivity contribution is 0.254. The Morgan fingerprint density at radius 3 is 2.00 bits per heavy atom. The van der Waals surface area contributed by atoms with E-state index in [-0.39, 0.29) is 0 Å². The molecule has 1 N–H and O–H groups in total. The second kappa shape index (κ2) is 5.72. The number of hydrogen-bond donors (Lipinski definition) is 1. The smallest absolute Gasteiger partial charge is 0.0433 e. The molecule has 0 heterocycles. The Hall–Kier alpha value is -0.0400. The van der Waals surface area contributed by atoms with Crippen LogP contribution in [-0.4, -0.2) is 11.7 Å². The Kier molecular flexibility index (Phi) is 5.70. The summed E-state index contributed by atoms with van der Waals surface area (Å²) in [6.07, 6.45) is 3.52. The second-order valence-electron chi connectivity index (χ2n) is 3.59. The molecule has 0 aliphatic rings. The van der Waals surface area contributed by atoms with E-state index in [1.54, 1.807) is 0 Å². The van der Waals surface area contributed by atoms with Crippen LogP contribution in [0.15, 0.2) is 0 Å². The van der Waals surface area contributed by atoms with E-state index in [1.807, 2.05) is 0 Å². The molecule has 10 heavy (non-hydrogen) atoms. The van der Waals surface area contributed by atoms with Crippen molar-refractivity contribution in [3.63, 3.8) is 0 Å². The summed E-state index contributed by atoms with van der Waals surface area (Å²) in [4.78, 5) is 0. The summed E-state index contributed by atoms with van der Waals surface area (Å²) in [6.45, 7) is 7.04. The normalized spacial score (nSPS) is 14.1. The van der Waals surface area contributed by atoms with Crippen LogP contribution in [0, 0.1) is 11.8 Å². The van der Waals surface area contributed by atoms with Crippen molar-refractivity contribution in [2.45, 2.75) is 40.0 Å². The first kappa shape index (κ1) is 9.96. The van der Waals surface area contributed by atoms with Crippen LogP contribution in [0.2, 0.25) is 0 Å². The lowest BCUT2D eigenvalue weighted by atomic mass is 9.97. The maximum atomic E-state index is 8.60. The van der Waals surface area contributed by atoms with Crippen LogP contribution in [0.4, 0.5) is 0 Å². The van der Waals surface area contributed by atoms with Gasteiger partial charge in [-0.2, -0.15) is 0 Å². The summed E-state index contributed by atoms with van der Waals surface area (Å²) >= 11 is 0. The quantitative estimate of drug-likeness (QED) is 0.628. The molecule has 0 unspecified atom stereocenters. The second-order valence-corrected chi connectivity index (χ2v) is 3.59. The van der Waals surface area contributed by atoms with Crippen LogP contribution in [0.25, 0.3) is 0 Å². The van der Waals surface area contributed by atoms with Crippen molar-refractivity contribution in [2.75, 3.05) is 6.61 Å². The van der Waals surface area contributed by atoms with Gasteiger partial charge >= 0.3 is 0 Å². The van der Waals surface area contributed by atoms with E-state index < -0.39 is 0 Å². The van der Waals surface area contributed by atoms with E-state index >= 15 is 0 Å². The molecular formula is C9H20O. The summed E-state index contributed by atoms with van der Waals surface area (Å²) in [5.74, 6) is 1.51. The van der Waals surface area contributed by atoms with Gasteiger partial charge in [0.25, 0.3) is 0 Å². The maximum absolute atomic E-state index is 8.60. The van der Waals surface area contributed by atoms with Gasteiger partial charge in [-0.15, -0.1) is 0 Å². The van der Waals surface area contributed by atoms with Gasteiger partial charge in [-0.3, -0.25) is 0 Å². The van der Waals surface area contributed by atoms with Crippen molar-refractivity contribution in [3.05, 3.63) is 0 Å². The topological polar surface area (TPSA) is 20.2 Å². The zero-order chi connectivity index (χ0) is 7.98. The van der Waals surface area contributed by atoms with Gasteiger partial charge in [-0.05, 0) is 18.3 Å². The van der Waals surface area contributed by atoms with Gasteiger partial charge in [0.1, 0.15) is 0 Å². The predicted molar refractivity (Wildman–Crippen MR) is 44.9 cm³/mol. The van der Waals surface area contributed by atoms with Crippen molar-refractivity contribution in [1.29, 1.82) is 0 Å². The van der Waals surface area contributed by atoms with Gasteiger partial charge in [0.15, 0.2) is 0 Å². The molecule has 0 aliphatic heterocycles. The molecule has 0 aromatic carbocycles. The van der Waals surface area contributed by atoms with Gasteiger partial charge in [0.2, 0.25) is 0 Å². The van der Waals surface area contributed by atoms with Crippen LogP contribution >= 0.6 is 0 Å². The van der Waals surface area contributed by atoms with Crippen molar-refractivity contribution in [2.24, 2.45) is 11.8 Å². The third kappa shape index (κ3) is 6.09. The zero-order valence-corrected chi connectivity index (χ0v) is 7.43. The molecule has 0 rings (SSSR count). The van der Waals surface area contributed by atoms with E-state index in [9.17, 15) is 0 Å². The highest BCUT2D eigenvalue weighted by Crippen LogP contribution is 2.13. The van der Waals surface area contributed by atoms with Gasteiger partial charge in [-0.25, -0.2) is 0 Å². The Morgan fingerprint density at radius 2 is 1.60 bits per heavy atom. The SMILES string of the molecule is CC(C)CC[C@@H](C)CCO. The Morgan fingerprint density at radius 1 is 1.00 bits per heavy atom. The highest BCUT2D eigenvalue weighted by atomic mass is 16.2. The average Bonchev–Trinajstić information content (AvgIpc) is 1.85. The van der Waals surface area contributed by atoms with Gasteiger partial charge in [0.05, 0.1) is 0 Å². The average molecular weight is 144 g/mol. The fourth-order valence-corrected chi connectivity index (χ4v) is 0.983. The molecule has 0 spiro atoms. The molecule has 0 aliphatic carbocycles. The van der Waals surface area contributed by atoms with E-state index in [4.69, 9.17) is 5.11 Å². The molecule has 0 aromatic rings. The van der Waals surface area contributed by atoms with Crippen molar-refractivity contribution in [1.82, 2.24) is 0 Å². The number of aliphatic hydroxyl groups is 1. The number of hydrogen-bond acceptors (Lipinski definition) is 1. The molecule has 0 aromatic heterocycles. The standard InChI is InChI=1S/C9H20O/c1-8(2)4-5-9(3)6-7-10/h8-10H,4-7H2,1-3H3/t9-/m1/s1. The monoisotopic (exact) mass is 144 g/mol. The largest absolute Gasteiger partial charge is 0.396 e. The van der Waals surface area contributed by atoms with Crippen LogP contribution in [0.5, 0.6) is 0 Å². The molecule has 62 valence electrons. The van der Waals surface area contributed by atoms with Crippen LogP contribution in [0.3, 0.4) is 0 Å². The fourth-order valence-electron chi connectivity index (χ4n) is 0.983. The van der Waals surface area contributed by atoms with Gasteiger partial charge in [-0.1, -0.05) is 33.6 Å². The minimum absolute atomic E-state index is 0.346. The lowest BCUT2D eigenvalue weighted by Crippen LogP contribution is -1.99. The zero-order valence-electron chi connectivity index (χ0n) is 7.43. The van der Waals surface area contributed by atoms with E-state index in [0.717, 1.165) is 12.3 Å². The first-order valence-electron chi connectivity index (χ1n) is 4.27. The Labute approximate surface area is 64.5 Å². The molecule has 0 amide bonds. The van der Waals surface area contributed by atoms with E-state index in [1.165, 1.54) is 12.8 Å². The number of rotatable bonds is 5. The highest BCUT2D eigenvalue weighted by molar-refractivity contribution is 4.54. The first-order valence-corrected chi connectivity index (χ1v) is 4.27. The predicted octanol–water partition coefficient (Wildman–Crippen LogP) is 2.44. The van der Waals surface area contributed by atoms with Crippen molar-refractivity contribution in [3.8, 4) is 0 Å². The minimum Gasteiger partial charge on any atom is -0.396 e. The summed E-state index contributed by atoms with van der Waals surface area (Å²) in [6, 6.07) is 0. The molecular weight excluding hydrogens is 124 g/mol. The van der Waals surface area contributed by atoms with Crippen LogP contribution in [-0.2, 0) is 0 Å². The summed E-state index contributed by atoms with van der Waals surface area (Å²) in [5.41, 5.74) is 0. The van der Waals surface area contributed by atoms with Crippen molar-refractivity contribution >= 4 is 0 Å². The van der Waals surface area contributed by atoms with E-state index in [0.29, 0.717) is 12.5 Å². The summed E-state index contributed by atoms with van der Waals surface area (Å²) in [5, 5.41) is 8.60. The molecule has 1 nitrogen and oxygen atoms in total. The minimum atomic E-state index is 0.346. The van der Waals surface area contributed by atoms with Crippen molar-refractivity contribution < 1.29 is 5.11 Å². The molecule has 1 heteroatoms. The lowest BCUT2D eigenvalue weighted by Gasteiger charge is -2.10. The fraction of sp³-hybridized carbons (Fsp3) is 1.00. The Balaban J connectivity index is 3.12. The molecule has 1 atom stereocenters. The molecule has 0 fully saturated rings. The molecule has 0 saturated carbocycles. The van der Waals surface area contributed by atoms with Gasteiger partial charge < -0.3 is 5.11 Å². The third-order valence-corrected chi connectivity index (χ3v) is 1.86. The molecule has 0 bridgehead atoms. The Bertz CT molecular complexity index is 69.1.